The zero-order valence-corrected chi connectivity index (χ0v) is 14.1. The lowest BCUT2D eigenvalue weighted by Crippen LogP contribution is -2.53. The minimum absolute atomic E-state index is 0.397. The van der Waals surface area contributed by atoms with Crippen LogP contribution < -0.4 is 0 Å². The smallest absolute Gasteiger partial charge is 0.432 e. The summed E-state index contributed by atoms with van der Waals surface area (Å²) in [5.74, 6) is 3.36. The minimum atomic E-state index is -5.05. The van der Waals surface area contributed by atoms with Gasteiger partial charge in [0.2, 0.25) is 0 Å². The predicted molar refractivity (Wildman–Crippen MR) is 85.5 cm³/mol. The molecule has 25 heavy (non-hydrogen) atoms. The summed E-state index contributed by atoms with van der Waals surface area (Å²) >= 11 is 0. The molecule has 3 atom stereocenters. The molecule has 0 saturated heterocycles. The maximum absolute atomic E-state index is 13.8. The van der Waals surface area contributed by atoms with Crippen LogP contribution in [0.1, 0.15) is 12.5 Å². The molecule has 0 radical (unpaired) electrons. The van der Waals surface area contributed by atoms with Crippen LogP contribution in [0.5, 0.6) is 0 Å². The fourth-order valence-corrected chi connectivity index (χ4v) is 2.25. The van der Waals surface area contributed by atoms with E-state index in [1.807, 2.05) is 0 Å². The van der Waals surface area contributed by atoms with E-state index in [9.17, 15) is 18.0 Å². The summed E-state index contributed by atoms with van der Waals surface area (Å²) in [6.45, 7) is 4.95. The Hall–Kier alpha value is -2.30. The van der Waals surface area contributed by atoms with Gasteiger partial charge in [-0.25, -0.2) is 4.79 Å². The van der Waals surface area contributed by atoms with Crippen LogP contribution in [0.15, 0.2) is 43.0 Å². The van der Waals surface area contributed by atoms with Crippen molar-refractivity contribution < 1.29 is 32.2 Å². The third-order valence-electron chi connectivity index (χ3n) is 3.50. The normalized spacial score (nSPS) is 15.9. The summed E-state index contributed by atoms with van der Waals surface area (Å²) in [5.41, 5.74) is -3.67. The monoisotopic (exact) mass is 356 g/mol. The van der Waals surface area contributed by atoms with Gasteiger partial charge in [-0.15, -0.1) is 12.5 Å². The van der Waals surface area contributed by atoms with Crippen LogP contribution in [0.2, 0.25) is 0 Å². The first-order valence-corrected chi connectivity index (χ1v) is 7.24. The molecule has 0 aliphatic carbocycles. The number of halogens is 3. The van der Waals surface area contributed by atoms with Gasteiger partial charge in [-0.2, -0.15) is 13.2 Å². The summed E-state index contributed by atoms with van der Waals surface area (Å²) in [5, 5.41) is 0. The van der Waals surface area contributed by atoms with E-state index in [1.165, 1.54) is 38.3 Å². The van der Waals surface area contributed by atoms with Gasteiger partial charge in [0.1, 0.15) is 6.10 Å². The first kappa shape index (κ1) is 20.7. The summed E-state index contributed by atoms with van der Waals surface area (Å²) in [7, 11) is 2.10. The zero-order valence-electron chi connectivity index (χ0n) is 14.1. The van der Waals surface area contributed by atoms with E-state index in [0.717, 1.165) is 19.2 Å². The molecule has 0 aliphatic rings. The van der Waals surface area contributed by atoms with Crippen LogP contribution in [-0.2, 0) is 24.6 Å². The lowest BCUT2D eigenvalue weighted by Gasteiger charge is -2.33. The van der Waals surface area contributed by atoms with Gasteiger partial charge in [0, 0.05) is 19.8 Å². The molecule has 0 N–H and O–H groups in total. The highest BCUT2D eigenvalue weighted by Gasteiger charge is 2.64. The van der Waals surface area contributed by atoms with Gasteiger partial charge in [-0.1, -0.05) is 42.3 Å². The summed E-state index contributed by atoms with van der Waals surface area (Å²) in [6, 6.07) is 6.54. The van der Waals surface area contributed by atoms with Crippen molar-refractivity contribution in [3.05, 3.63) is 48.6 Å². The van der Waals surface area contributed by atoms with E-state index < -0.39 is 35.5 Å². The van der Waals surface area contributed by atoms with Crippen LogP contribution in [0, 0.1) is 11.8 Å². The highest BCUT2D eigenvalue weighted by atomic mass is 19.4. The number of methoxy groups -OCH3 is 2. The minimum Gasteiger partial charge on any atom is -0.443 e. The maximum Gasteiger partial charge on any atom is 0.432 e. The Kier molecular flexibility index (Phi) is 7.22. The van der Waals surface area contributed by atoms with Gasteiger partial charge >= 0.3 is 12.1 Å². The lowest BCUT2D eigenvalue weighted by atomic mass is 9.92. The predicted octanol–water partition coefficient (Wildman–Crippen LogP) is 3.23. The largest absolute Gasteiger partial charge is 0.443 e. The fourth-order valence-electron chi connectivity index (χ4n) is 2.25. The Morgan fingerprint density at radius 1 is 1.24 bits per heavy atom. The molecule has 1 rings (SSSR count). The molecule has 4 nitrogen and oxygen atoms in total. The Morgan fingerprint density at radius 3 is 2.24 bits per heavy atom. The van der Waals surface area contributed by atoms with Crippen LogP contribution >= 0.6 is 0 Å². The van der Waals surface area contributed by atoms with Gasteiger partial charge in [-0.05, 0) is 6.92 Å². The summed E-state index contributed by atoms with van der Waals surface area (Å²) in [4.78, 5) is 12.5. The van der Waals surface area contributed by atoms with Crippen molar-refractivity contribution in [2.45, 2.75) is 30.9 Å². The molecular formula is C18H19F3O4. The second-order valence-electron chi connectivity index (χ2n) is 4.91. The molecule has 0 aromatic heterocycles. The van der Waals surface area contributed by atoms with E-state index in [1.54, 1.807) is 0 Å². The second kappa shape index (κ2) is 8.70. The van der Waals surface area contributed by atoms with E-state index in [0.29, 0.717) is 0 Å². The average molecular weight is 356 g/mol. The van der Waals surface area contributed by atoms with Gasteiger partial charge in [0.25, 0.3) is 5.60 Å². The molecular weight excluding hydrogens is 337 g/mol. The van der Waals surface area contributed by atoms with Gasteiger partial charge in [0.05, 0.1) is 0 Å². The van der Waals surface area contributed by atoms with E-state index in [2.05, 4.69) is 23.2 Å². The van der Waals surface area contributed by atoms with Crippen molar-refractivity contribution in [2.24, 2.45) is 0 Å². The molecule has 0 amide bonds. The summed E-state index contributed by atoms with van der Waals surface area (Å²) in [6.07, 6.45) is -5.93. The highest BCUT2D eigenvalue weighted by Crippen LogP contribution is 2.43. The molecule has 0 spiro atoms. The molecule has 0 bridgehead atoms. The maximum atomic E-state index is 13.8. The van der Waals surface area contributed by atoms with Crippen LogP contribution in [0.25, 0.3) is 0 Å². The first-order valence-electron chi connectivity index (χ1n) is 7.24. The van der Waals surface area contributed by atoms with Crippen LogP contribution in [0.4, 0.5) is 13.2 Å². The van der Waals surface area contributed by atoms with Crippen molar-refractivity contribution >= 4 is 5.97 Å². The molecule has 0 fully saturated rings. The Labute approximate surface area is 144 Å². The number of rotatable bonds is 7. The number of carbonyl (C=O) groups is 1. The van der Waals surface area contributed by atoms with Crippen molar-refractivity contribution in [3.8, 4) is 11.8 Å². The van der Waals surface area contributed by atoms with Crippen LogP contribution in [0.3, 0.4) is 0 Å². The quantitative estimate of drug-likeness (QED) is 0.427. The van der Waals surface area contributed by atoms with E-state index >= 15 is 0 Å². The zero-order chi connectivity index (χ0) is 19.1. The molecule has 0 saturated carbocycles. The number of ether oxygens (including phenoxy) is 3. The molecule has 0 heterocycles. The number of carbonyl (C=O) groups excluding carboxylic acids is 1. The third kappa shape index (κ3) is 4.21. The molecule has 1 unspecified atom stereocenters. The average Bonchev–Trinajstić information content (AvgIpc) is 2.57. The van der Waals surface area contributed by atoms with Crippen molar-refractivity contribution in [3.63, 3.8) is 0 Å². The van der Waals surface area contributed by atoms with Crippen molar-refractivity contribution in [2.75, 3.05) is 14.2 Å². The third-order valence-corrected chi connectivity index (χ3v) is 3.50. The first-order chi connectivity index (χ1) is 11.8. The fraction of sp³-hybridized carbons (Fsp3) is 0.389. The molecule has 0 aliphatic heterocycles. The van der Waals surface area contributed by atoms with Crippen molar-refractivity contribution in [1.29, 1.82) is 0 Å². The number of hydrogen-bond acceptors (Lipinski definition) is 4. The van der Waals surface area contributed by atoms with Gasteiger partial charge in [-0.3, -0.25) is 0 Å². The molecule has 1 aromatic rings. The number of esters is 1. The number of alkyl halides is 3. The highest BCUT2D eigenvalue weighted by molar-refractivity contribution is 5.83. The SMILES string of the molecule is C=C[C@@H](OC)[C@@H](C#CC)OC(=O)C(OC)(c1ccccc1)C(F)(F)F. The van der Waals surface area contributed by atoms with Gasteiger partial charge in [0.15, 0.2) is 6.10 Å². The lowest BCUT2D eigenvalue weighted by molar-refractivity contribution is -0.278. The molecule has 136 valence electrons. The van der Waals surface area contributed by atoms with E-state index in [-0.39, 0.29) is 0 Å². The Balaban J connectivity index is 3.37. The standard InChI is InChI=1S/C18H19F3O4/c1-5-10-15(14(6-2)23-3)25-16(22)17(24-4,18(19,20)21)13-11-8-7-9-12-13/h6-9,11-12,14-15H,2H2,1,3-4H3/t14-,15-,17?/m1/s1. The van der Waals surface area contributed by atoms with E-state index in [4.69, 9.17) is 9.47 Å². The summed E-state index contributed by atoms with van der Waals surface area (Å²) < 4.78 is 56.1. The topological polar surface area (TPSA) is 44.8 Å². The molecule has 1 aromatic carbocycles. The Bertz CT molecular complexity index is 646. The van der Waals surface area contributed by atoms with Crippen molar-refractivity contribution in [1.82, 2.24) is 0 Å². The Morgan fingerprint density at radius 2 is 1.84 bits per heavy atom. The van der Waals surface area contributed by atoms with Gasteiger partial charge < -0.3 is 14.2 Å². The number of hydrogen-bond donors (Lipinski definition) is 0. The molecule has 7 heteroatoms. The number of benzene rings is 1. The second-order valence-corrected chi connectivity index (χ2v) is 4.91. The van der Waals surface area contributed by atoms with Crippen LogP contribution in [-0.4, -0.2) is 38.6 Å².